The van der Waals surface area contributed by atoms with Gasteiger partial charge in [-0.25, -0.2) is 4.79 Å². The van der Waals surface area contributed by atoms with Crippen LogP contribution in [-0.4, -0.2) is 153 Å². The molecule has 2 aromatic carbocycles. The highest BCUT2D eigenvalue weighted by Gasteiger charge is 2.46. The van der Waals surface area contributed by atoms with Crippen LogP contribution in [0.1, 0.15) is 77.3 Å². The number of aromatic hydroxyl groups is 1. The number of ether oxygens (including phenoxy) is 1. The van der Waals surface area contributed by atoms with E-state index in [-0.39, 0.29) is 63.2 Å². The van der Waals surface area contributed by atoms with Gasteiger partial charge in [0.1, 0.15) is 60.4 Å². The third-order valence-corrected chi connectivity index (χ3v) is 12.0. The van der Waals surface area contributed by atoms with Crippen molar-refractivity contribution in [2.45, 2.75) is 134 Å². The molecule has 376 valence electrons. The van der Waals surface area contributed by atoms with Gasteiger partial charge in [-0.15, -0.1) is 0 Å². The average molecular weight is 965 g/mol. The Morgan fingerprint density at radius 1 is 0.884 bits per heavy atom. The summed E-state index contributed by atoms with van der Waals surface area (Å²) in [6, 6.07) is 3.63. The smallest absolute Gasteiger partial charge is 0.329 e. The van der Waals surface area contributed by atoms with Crippen LogP contribution in [0, 0.1) is 5.92 Å². The summed E-state index contributed by atoms with van der Waals surface area (Å²) < 4.78 is 5.83. The van der Waals surface area contributed by atoms with E-state index >= 15 is 4.79 Å². The van der Waals surface area contributed by atoms with E-state index in [1.165, 1.54) is 38.2 Å². The number of carbonyl (C=O) groups excluding carboxylic acids is 8. The first-order valence-corrected chi connectivity index (χ1v) is 22.7. The van der Waals surface area contributed by atoms with Gasteiger partial charge in [0.15, 0.2) is 5.96 Å². The highest BCUT2D eigenvalue weighted by atomic mass is 16.5. The normalized spacial score (nSPS) is 25.0. The number of cyclic esters (lactones) is 1. The number of nitrogens with zero attached hydrogens (tertiary/aromatic N) is 3. The van der Waals surface area contributed by atoms with Gasteiger partial charge >= 0.3 is 11.9 Å². The molecule has 2 fully saturated rings. The number of aliphatic carboxylic acids is 1. The van der Waals surface area contributed by atoms with Crippen LogP contribution in [-0.2, 0) is 60.7 Å². The Balaban J connectivity index is 1.91. The molecule has 0 aliphatic carbocycles. The predicted molar refractivity (Wildman–Crippen MR) is 247 cm³/mol. The summed E-state index contributed by atoms with van der Waals surface area (Å²) in [7, 11) is 1.34. The lowest BCUT2D eigenvalue weighted by Gasteiger charge is -2.43. The quantitative estimate of drug-likeness (QED) is 0.0411. The molecule has 23 nitrogen and oxygen atoms in total. The zero-order valence-corrected chi connectivity index (χ0v) is 39.3. The number of aliphatic hydroxyl groups excluding tert-OH is 1. The summed E-state index contributed by atoms with van der Waals surface area (Å²) in [4.78, 5) is 131. The molecular formula is C46H64N10O13. The molecule has 2 heterocycles. The van der Waals surface area contributed by atoms with Gasteiger partial charge in [0.25, 0.3) is 0 Å². The number of likely N-dealkylation sites (N-methyl/N-ethyl adjacent to an activating group) is 1. The van der Waals surface area contributed by atoms with Crippen molar-refractivity contribution in [3.63, 3.8) is 0 Å². The summed E-state index contributed by atoms with van der Waals surface area (Å²) in [6.45, 7) is 5.61. The Labute approximate surface area is 399 Å². The second-order valence-electron chi connectivity index (χ2n) is 17.3. The van der Waals surface area contributed by atoms with Crippen molar-refractivity contribution in [2.75, 3.05) is 13.6 Å². The van der Waals surface area contributed by atoms with Gasteiger partial charge in [0.2, 0.25) is 41.4 Å². The summed E-state index contributed by atoms with van der Waals surface area (Å²) >= 11 is 0. The first kappa shape index (κ1) is 54.3. The summed E-state index contributed by atoms with van der Waals surface area (Å²) in [5.41, 5.74) is 12.1. The minimum absolute atomic E-state index is 0.0146. The van der Waals surface area contributed by atoms with E-state index in [0.29, 0.717) is 11.1 Å². The van der Waals surface area contributed by atoms with Crippen molar-refractivity contribution in [2.24, 2.45) is 22.4 Å². The number of benzene rings is 2. The molecule has 2 aliphatic heterocycles. The zero-order chi connectivity index (χ0) is 51.1. The van der Waals surface area contributed by atoms with Gasteiger partial charge in [-0.1, -0.05) is 62.7 Å². The molecule has 4 rings (SSSR count). The zero-order valence-electron chi connectivity index (χ0n) is 39.3. The van der Waals surface area contributed by atoms with Crippen LogP contribution < -0.4 is 38.1 Å². The number of carbonyl (C=O) groups is 9. The highest BCUT2D eigenvalue weighted by molar-refractivity contribution is 5.98. The molecule has 10 unspecified atom stereocenters. The minimum atomic E-state index is -1.89. The van der Waals surface area contributed by atoms with E-state index in [2.05, 4.69) is 31.6 Å². The van der Waals surface area contributed by atoms with E-state index in [4.69, 9.17) is 16.2 Å². The number of rotatable bonds is 15. The summed E-state index contributed by atoms with van der Waals surface area (Å²) in [6.07, 6.45) is -4.44. The van der Waals surface area contributed by atoms with E-state index < -0.39 is 120 Å². The molecule has 10 atom stereocenters. The van der Waals surface area contributed by atoms with Gasteiger partial charge in [0, 0.05) is 33.4 Å². The number of amides is 7. The fourth-order valence-corrected chi connectivity index (χ4v) is 8.02. The van der Waals surface area contributed by atoms with Crippen molar-refractivity contribution in [3.05, 3.63) is 65.7 Å². The van der Waals surface area contributed by atoms with Crippen molar-refractivity contribution >= 4 is 59.2 Å². The van der Waals surface area contributed by atoms with Crippen molar-refractivity contribution in [1.29, 1.82) is 0 Å². The van der Waals surface area contributed by atoms with Crippen LogP contribution in [0.2, 0.25) is 0 Å². The largest absolute Gasteiger partial charge is 0.508 e. The molecular weight excluding hydrogens is 901 g/mol. The number of carboxylic acids is 1. The van der Waals surface area contributed by atoms with Crippen molar-refractivity contribution in [3.8, 4) is 5.75 Å². The molecule has 7 amide bonds. The van der Waals surface area contributed by atoms with E-state index in [1.54, 1.807) is 44.2 Å². The molecule has 12 N–H and O–H groups in total. The SMILES string of the molecule is CCC(C)C1NC(=O)C(Cc2ccc(O)cc2)N(C)C(=O)C(Cc2ccccc2)N2C(=O)C(CCC2O)NC(=O)C(CCCN=C(N)N)NC(=O)C(NC(=O)C(CC(=O)O)NC(C)=O)C(C)OC1=O. The van der Waals surface area contributed by atoms with Gasteiger partial charge in [0.05, 0.1) is 6.42 Å². The van der Waals surface area contributed by atoms with Crippen molar-refractivity contribution in [1.82, 2.24) is 36.4 Å². The van der Waals surface area contributed by atoms with E-state index in [9.17, 15) is 53.7 Å². The van der Waals surface area contributed by atoms with Crippen LogP contribution in [0.5, 0.6) is 5.75 Å². The monoisotopic (exact) mass is 964 g/mol. The van der Waals surface area contributed by atoms with Gasteiger partial charge < -0.3 is 67.9 Å². The average Bonchev–Trinajstić information content (AvgIpc) is 3.29. The number of piperidine rings is 1. The number of aliphatic hydroxyl groups is 1. The standard InChI is InChI=1S/C46H64N10O13/c1-6-24(2)37-45(68)69-25(3)38(54-40(63)32(23-36(60)61)50-26(4)57)42(65)51-30(13-10-20-49-46(47)48)39(62)52-31-18-19-35(59)56(43(31)66)34(22-27-11-8-7-9-12-27)44(67)55(5)33(41(64)53-37)21-28-14-16-29(58)17-15-28/h7-9,11-12,14-17,24-25,30-35,37-38,58-59H,6,10,13,18-23H2,1-5H3,(H,50,57)(H,51,65)(H,52,62)(H,53,64)(H,54,63)(H,60,61)(H4,47,48,49). The topological polar surface area (TPSA) is 355 Å². The molecule has 0 spiro atoms. The molecule has 2 aliphatic rings. The molecule has 0 aromatic heterocycles. The maximum Gasteiger partial charge on any atom is 0.329 e. The number of hydrogen-bond donors (Lipinski definition) is 10. The third kappa shape index (κ3) is 15.4. The van der Waals surface area contributed by atoms with E-state index in [0.717, 1.165) is 16.7 Å². The van der Waals surface area contributed by atoms with Gasteiger partial charge in [-0.05, 0) is 61.8 Å². The Bertz CT molecular complexity index is 2190. The number of phenols is 1. The Hall–Kier alpha value is -7.30. The lowest BCUT2D eigenvalue weighted by Crippen LogP contribution is -2.65. The molecule has 0 radical (unpaired) electrons. The fraction of sp³-hybridized carbons (Fsp3) is 0.522. The van der Waals surface area contributed by atoms with Crippen LogP contribution >= 0.6 is 0 Å². The van der Waals surface area contributed by atoms with Crippen LogP contribution in [0.15, 0.2) is 59.6 Å². The second-order valence-corrected chi connectivity index (χ2v) is 17.3. The fourth-order valence-electron chi connectivity index (χ4n) is 8.02. The van der Waals surface area contributed by atoms with Gasteiger partial charge in [-0.2, -0.15) is 0 Å². The number of fused-ring (bicyclic) bond motifs is 2. The molecule has 23 heteroatoms. The molecule has 0 saturated carbocycles. The van der Waals surface area contributed by atoms with Gasteiger partial charge in [-0.3, -0.25) is 43.3 Å². The van der Waals surface area contributed by atoms with Crippen molar-refractivity contribution < 1.29 is 63.2 Å². The molecule has 2 aromatic rings. The number of guanidine groups is 1. The summed E-state index contributed by atoms with van der Waals surface area (Å²) in [5.74, 6) is -10.0. The number of phenolic OH excluding ortho intramolecular Hbond substituents is 1. The number of nitrogens with one attached hydrogen (secondary N) is 5. The minimum Gasteiger partial charge on any atom is -0.508 e. The number of aliphatic imine (C=N–C) groups is 1. The van der Waals surface area contributed by atoms with Crippen LogP contribution in [0.3, 0.4) is 0 Å². The highest BCUT2D eigenvalue weighted by Crippen LogP contribution is 2.26. The molecule has 2 bridgehead atoms. The number of esters is 1. The Morgan fingerprint density at radius 3 is 2.13 bits per heavy atom. The number of carboxylic acid groups (broad SMARTS) is 1. The first-order valence-electron chi connectivity index (χ1n) is 22.7. The number of nitrogens with two attached hydrogens (primary N) is 2. The molecule has 2 saturated heterocycles. The third-order valence-electron chi connectivity index (χ3n) is 12.0. The Morgan fingerprint density at radius 2 is 1.52 bits per heavy atom. The molecule has 69 heavy (non-hydrogen) atoms. The summed E-state index contributed by atoms with van der Waals surface area (Å²) in [5, 5.41) is 43.6. The number of hydrogen-bond acceptors (Lipinski definition) is 13. The lowest BCUT2D eigenvalue weighted by atomic mass is 9.95. The first-order chi connectivity index (χ1) is 32.6. The maximum atomic E-state index is 15.1. The predicted octanol–water partition coefficient (Wildman–Crippen LogP) is -1.72. The van der Waals surface area contributed by atoms with E-state index in [1.807, 2.05) is 0 Å². The second kappa shape index (κ2) is 25.2. The van der Waals surface area contributed by atoms with Crippen LogP contribution in [0.25, 0.3) is 0 Å². The lowest BCUT2D eigenvalue weighted by molar-refractivity contribution is -0.165. The Kier molecular flexibility index (Phi) is 19.8. The maximum absolute atomic E-state index is 15.1. The van der Waals surface area contributed by atoms with Crippen LogP contribution in [0.4, 0.5) is 0 Å².